The molecule has 0 saturated heterocycles. The molecule has 1 amide bonds. The van der Waals surface area contributed by atoms with Crippen molar-refractivity contribution in [3.05, 3.63) is 87.6 Å². The van der Waals surface area contributed by atoms with E-state index in [1.165, 1.54) is 6.07 Å². The van der Waals surface area contributed by atoms with Crippen LogP contribution in [-0.4, -0.2) is 23.0 Å². The summed E-state index contributed by atoms with van der Waals surface area (Å²) in [6.45, 7) is 0. The maximum Gasteiger partial charge on any atom is 0.274 e. The van der Waals surface area contributed by atoms with E-state index in [2.05, 4.69) is 15.3 Å². The summed E-state index contributed by atoms with van der Waals surface area (Å²) < 4.78 is 32.4. The fraction of sp³-hybridized carbons (Fsp3) is 0.105. The number of ether oxygens (including phenoxy) is 1. The van der Waals surface area contributed by atoms with Crippen LogP contribution in [0.25, 0.3) is 0 Å². The second-order valence-electron chi connectivity index (χ2n) is 5.65. The highest BCUT2D eigenvalue weighted by molar-refractivity contribution is 6.02. The molecule has 0 saturated carbocycles. The lowest BCUT2D eigenvalue weighted by Crippen LogP contribution is -2.21. The molecular formula is C19H15F2N3O3. The molecule has 8 heteroatoms. The van der Waals surface area contributed by atoms with Gasteiger partial charge in [-0.3, -0.25) is 9.59 Å². The summed E-state index contributed by atoms with van der Waals surface area (Å²) in [7, 11) is 1.55. The molecular weight excluding hydrogens is 356 g/mol. The molecule has 27 heavy (non-hydrogen) atoms. The number of carbonyl (C=O) groups excluding carboxylic acids is 1. The van der Waals surface area contributed by atoms with Crippen LogP contribution in [0.2, 0.25) is 0 Å². The Labute approximate surface area is 152 Å². The van der Waals surface area contributed by atoms with Crippen LogP contribution in [0.4, 0.5) is 14.5 Å². The van der Waals surface area contributed by atoms with Crippen LogP contribution in [0.1, 0.15) is 21.9 Å². The lowest BCUT2D eigenvalue weighted by molar-refractivity contribution is 0.102. The number of aromatic amines is 1. The predicted octanol–water partition coefficient (Wildman–Crippen LogP) is 2.90. The first-order valence-corrected chi connectivity index (χ1v) is 7.95. The minimum atomic E-state index is -0.924. The topological polar surface area (TPSA) is 84.1 Å². The maximum atomic E-state index is 13.7. The van der Waals surface area contributed by atoms with Crippen LogP contribution < -0.4 is 15.6 Å². The van der Waals surface area contributed by atoms with E-state index in [9.17, 15) is 18.4 Å². The van der Waals surface area contributed by atoms with Crippen LogP contribution in [0.15, 0.2) is 53.3 Å². The van der Waals surface area contributed by atoms with Crippen molar-refractivity contribution in [2.45, 2.75) is 6.42 Å². The van der Waals surface area contributed by atoms with Gasteiger partial charge < -0.3 is 15.0 Å². The molecule has 0 fully saturated rings. The first-order chi connectivity index (χ1) is 13.0. The van der Waals surface area contributed by atoms with Gasteiger partial charge in [-0.25, -0.2) is 13.8 Å². The van der Waals surface area contributed by atoms with Gasteiger partial charge in [0.25, 0.3) is 11.5 Å². The zero-order valence-electron chi connectivity index (χ0n) is 14.3. The zero-order valence-corrected chi connectivity index (χ0v) is 14.3. The standard InChI is InChI=1S/C19H15F2N3O3/c1-27-12-7-5-11(6-8-12)9-16-22-15(10-17(25)23-16)19(26)24-18-13(20)3-2-4-14(18)21/h2-8,10H,9H2,1H3,(H,24,26)(H,22,23,25). The van der Waals surface area contributed by atoms with Crippen LogP contribution in [-0.2, 0) is 6.42 Å². The fourth-order valence-corrected chi connectivity index (χ4v) is 2.44. The smallest absolute Gasteiger partial charge is 0.274 e. The molecule has 0 aliphatic heterocycles. The third-order valence-electron chi connectivity index (χ3n) is 3.76. The zero-order chi connectivity index (χ0) is 19.4. The lowest BCUT2D eigenvalue weighted by atomic mass is 10.1. The maximum absolute atomic E-state index is 13.7. The highest BCUT2D eigenvalue weighted by atomic mass is 19.1. The summed E-state index contributed by atoms with van der Waals surface area (Å²) >= 11 is 0. The van der Waals surface area contributed by atoms with E-state index >= 15 is 0 Å². The number of aromatic nitrogens is 2. The molecule has 0 bridgehead atoms. The monoisotopic (exact) mass is 371 g/mol. The van der Waals surface area contributed by atoms with Gasteiger partial charge in [-0.15, -0.1) is 0 Å². The van der Waals surface area contributed by atoms with Crippen molar-refractivity contribution in [1.29, 1.82) is 0 Å². The molecule has 138 valence electrons. The highest BCUT2D eigenvalue weighted by Crippen LogP contribution is 2.18. The van der Waals surface area contributed by atoms with Crippen LogP contribution in [0, 0.1) is 11.6 Å². The van der Waals surface area contributed by atoms with Crippen molar-refractivity contribution in [2.24, 2.45) is 0 Å². The Balaban J connectivity index is 1.84. The molecule has 0 aliphatic carbocycles. The van der Waals surface area contributed by atoms with Gasteiger partial charge in [0, 0.05) is 12.5 Å². The molecule has 0 unspecified atom stereocenters. The predicted molar refractivity (Wildman–Crippen MR) is 95.0 cm³/mol. The fourth-order valence-electron chi connectivity index (χ4n) is 2.44. The number of hydrogen-bond acceptors (Lipinski definition) is 4. The van der Waals surface area contributed by atoms with E-state index in [-0.39, 0.29) is 17.9 Å². The Morgan fingerprint density at radius 3 is 2.44 bits per heavy atom. The molecule has 6 nitrogen and oxygen atoms in total. The minimum Gasteiger partial charge on any atom is -0.497 e. The summed E-state index contributed by atoms with van der Waals surface area (Å²) in [5.41, 5.74) is -0.560. The largest absolute Gasteiger partial charge is 0.497 e. The number of amides is 1. The molecule has 0 radical (unpaired) electrons. The first-order valence-electron chi connectivity index (χ1n) is 7.95. The first kappa shape index (κ1) is 18.2. The second-order valence-corrected chi connectivity index (χ2v) is 5.65. The van der Waals surface area contributed by atoms with Gasteiger partial charge in [0.15, 0.2) is 0 Å². The van der Waals surface area contributed by atoms with Gasteiger partial charge in [0.05, 0.1) is 7.11 Å². The summed E-state index contributed by atoms with van der Waals surface area (Å²) in [5, 5.41) is 2.11. The Morgan fingerprint density at radius 1 is 1.15 bits per heavy atom. The van der Waals surface area contributed by atoms with Crippen LogP contribution in [0.5, 0.6) is 5.75 Å². The van der Waals surface area contributed by atoms with Crippen molar-refractivity contribution in [2.75, 3.05) is 12.4 Å². The number of hydrogen-bond donors (Lipinski definition) is 2. The number of anilines is 1. The third-order valence-corrected chi connectivity index (χ3v) is 3.76. The summed E-state index contributed by atoms with van der Waals surface area (Å²) in [4.78, 5) is 30.8. The Bertz CT molecular complexity index is 1010. The Kier molecular flexibility index (Phi) is 5.25. The molecule has 2 N–H and O–H groups in total. The second kappa shape index (κ2) is 7.77. The average molecular weight is 371 g/mol. The number of nitrogens with one attached hydrogen (secondary N) is 2. The molecule has 3 aromatic rings. The van der Waals surface area contributed by atoms with Gasteiger partial charge in [-0.05, 0) is 29.8 Å². The number of carbonyl (C=O) groups is 1. The Hall–Kier alpha value is -3.55. The van der Waals surface area contributed by atoms with Crippen molar-refractivity contribution in [3.8, 4) is 5.75 Å². The minimum absolute atomic E-state index is 0.242. The third kappa shape index (κ3) is 4.35. The van der Waals surface area contributed by atoms with Crippen molar-refractivity contribution in [3.63, 3.8) is 0 Å². The summed E-state index contributed by atoms with van der Waals surface area (Å²) in [6.07, 6.45) is 0.258. The van der Waals surface area contributed by atoms with Crippen molar-refractivity contribution < 1.29 is 18.3 Å². The molecule has 0 aliphatic rings. The van der Waals surface area contributed by atoms with Gasteiger partial charge in [-0.1, -0.05) is 18.2 Å². The summed E-state index contributed by atoms with van der Waals surface area (Å²) in [6, 6.07) is 11.3. The van der Waals surface area contributed by atoms with Crippen molar-refractivity contribution in [1.82, 2.24) is 9.97 Å². The summed E-state index contributed by atoms with van der Waals surface area (Å²) in [5.74, 6) is -1.81. The SMILES string of the molecule is COc1ccc(Cc2nc(C(=O)Nc3c(F)cccc3F)cc(=O)[nH]2)cc1. The number of nitrogens with zero attached hydrogens (tertiary/aromatic N) is 1. The van der Waals surface area contributed by atoms with Gasteiger partial charge in [0.2, 0.25) is 0 Å². The van der Waals surface area contributed by atoms with Gasteiger partial charge >= 0.3 is 0 Å². The van der Waals surface area contributed by atoms with Crippen molar-refractivity contribution >= 4 is 11.6 Å². The van der Waals surface area contributed by atoms with Gasteiger partial charge in [0.1, 0.15) is 34.6 Å². The van der Waals surface area contributed by atoms with Gasteiger partial charge in [-0.2, -0.15) is 0 Å². The molecule has 2 aromatic carbocycles. The van der Waals surface area contributed by atoms with Crippen LogP contribution >= 0.6 is 0 Å². The van der Waals surface area contributed by atoms with E-state index in [0.29, 0.717) is 5.75 Å². The average Bonchev–Trinajstić information content (AvgIpc) is 2.65. The molecule has 1 heterocycles. The van der Waals surface area contributed by atoms with E-state index in [1.54, 1.807) is 31.4 Å². The number of benzene rings is 2. The van der Waals surface area contributed by atoms with E-state index in [1.807, 2.05) is 0 Å². The Morgan fingerprint density at radius 2 is 1.81 bits per heavy atom. The molecule has 3 rings (SSSR count). The molecule has 1 aromatic heterocycles. The number of H-pyrrole nitrogens is 1. The van der Waals surface area contributed by atoms with E-state index in [0.717, 1.165) is 23.8 Å². The number of halogens is 2. The molecule has 0 atom stereocenters. The lowest BCUT2D eigenvalue weighted by Gasteiger charge is -2.08. The highest BCUT2D eigenvalue weighted by Gasteiger charge is 2.16. The normalized spacial score (nSPS) is 10.5. The number of methoxy groups -OCH3 is 1. The van der Waals surface area contributed by atoms with E-state index in [4.69, 9.17) is 4.74 Å². The number of para-hydroxylation sites is 1. The van der Waals surface area contributed by atoms with E-state index < -0.39 is 28.8 Å². The quantitative estimate of drug-likeness (QED) is 0.722. The van der Waals surface area contributed by atoms with Crippen LogP contribution in [0.3, 0.4) is 0 Å². The molecule has 0 spiro atoms. The number of rotatable bonds is 5.